The SMILES string of the molecule is CCC[C@@H](NC(=O)c1cc(F)c([N+](=O)[O-])cc1F)C(=O)O. The Morgan fingerprint density at radius 1 is 1.38 bits per heavy atom. The van der Waals surface area contributed by atoms with Crippen molar-refractivity contribution in [3.8, 4) is 0 Å². The van der Waals surface area contributed by atoms with Crippen LogP contribution in [0.2, 0.25) is 0 Å². The lowest BCUT2D eigenvalue weighted by Crippen LogP contribution is -2.41. The zero-order valence-corrected chi connectivity index (χ0v) is 10.9. The molecule has 114 valence electrons. The molecule has 0 spiro atoms. The second-order valence-corrected chi connectivity index (χ2v) is 4.19. The first kappa shape index (κ1) is 16.5. The zero-order valence-electron chi connectivity index (χ0n) is 10.9. The highest BCUT2D eigenvalue weighted by Crippen LogP contribution is 2.21. The fourth-order valence-electron chi connectivity index (χ4n) is 1.63. The molecule has 0 aromatic heterocycles. The van der Waals surface area contributed by atoms with Crippen molar-refractivity contribution in [2.45, 2.75) is 25.8 Å². The third-order valence-corrected chi connectivity index (χ3v) is 2.66. The molecule has 0 aliphatic carbocycles. The average molecular weight is 302 g/mol. The number of amides is 1. The smallest absolute Gasteiger partial charge is 0.326 e. The Morgan fingerprint density at radius 3 is 2.48 bits per heavy atom. The van der Waals surface area contributed by atoms with Crippen LogP contribution in [-0.2, 0) is 4.79 Å². The van der Waals surface area contributed by atoms with E-state index < -0.39 is 45.7 Å². The van der Waals surface area contributed by atoms with Crippen LogP contribution >= 0.6 is 0 Å². The first-order chi connectivity index (χ1) is 9.77. The quantitative estimate of drug-likeness (QED) is 0.615. The Morgan fingerprint density at radius 2 is 2.00 bits per heavy atom. The molecule has 0 saturated carbocycles. The normalized spacial score (nSPS) is 11.8. The van der Waals surface area contributed by atoms with Gasteiger partial charge in [0.05, 0.1) is 16.6 Å². The first-order valence-electron chi connectivity index (χ1n) is 5.95. The van der Waals surface area contributed by atoms with Gasteiger partial charge >= 0.3 is 11.7 Å². The Kier molecular flexibility index (Phi) is 5.28. The van der Waals surface area contributed by atoms with E-state index in [0.29, 0.717) is 12.5 Å². The summed E-state index contributed by atoms with van der Waals surface area (Å²) in [5.41, 5.74) is -1.90. The molecule has 0 aliphatic heterocycles. The number of benzene rings is 1. The van der Waals surface area contributed by atoms with Crippen LogP contribution in [0.5, 0.6) is 0 Å². The largest absolute Gasteiger partial charge is 0.480 e. The van der Waals surface area contributed by atoms with E-state index in [0.717, 1.165) is 0 Å². The lowest BCUT2D eigenvalue weighted by molar-refractivity contribution is -0.387. The van der Waals surface area contributed by atoms with E-state index in [-0.39, 0.29) is 12.5 Å². The van der Waals surface area contributed by atoms with Crippen molar-refractivity contribution in [1.82, 2.24) is 5.32 Å². The molecule has 1 aromatic rings. The molecular weight excluding hydrogens is 290 g/mol. The Balaban J connectivity index is 3.05. The monoisotopic (exact) mass is 302 g/mol. The van der Waals surface area contributed by atoms with Gasteiger partial charge < -0.3 is 10.4 Å². The molecule has 0 saturated heterocycles. The Bertz CT molecular complexity index is 591. The Hall–Kier alpha value is -2.58. The molecule has 9 heteroatoms. The number of carbonyl (C=O) groups excluding carboxylic acids is 1. The number of nitro groups is 1. The predicted molar refractivity (Wildman–Crippen MR) is 66.8 cm³/mol. The predicted octanol–water partition coefficient (Wildman–Crippen LogP) is 1.86. The van der Waals surface area contributed by atoms with E-state index in [4.69, 9.17) is 5.11 Å². The number of nitrogens with zero attached hydrogens (tertiary/aromatic N) is 1. The second kappa shape index (κ2) is 6.73. The molecule has 21 heavy (non-hydrogen) atoms. The number of aliphatic carboxylic acids is 1. The molecule has 2 N–H and O–H groups in total. The molecule has 0 bridgehead atoms. The third-order valence-electron chi connectivity index (χ3n) is 2.66. The molecule has 0 heterocycles. The van der Waals surface area contributed by atoms with Crippen molar-refractivity contribution in [3.05, 3.63) is 39.4 Å². The second-order valence-electron chi connectivity index (χ2n) is 4.19. The summed E-state index contributed by atoms with van der Waals surface area (Å²) in [7, 11) is 0. The van der Waals surface area contributed by atoms with Crippen LogP contribution < -0.4 is 5.32 Å². The number of carbonyl (C=O) groups is 2. The molecule has 1 atom stereocenters. The number of rotatable bonds is 6. The molecule has 1 rings (SSSR count). The number of carboxylic acids is 1. The van der Waals surface area contributed by atoms with Crippen LogP contribution in [-0.4, -0.2) is 27.9 Å². The number of hydrogen-bond acceptors (Lipinski definition) is 4. The summed E-state index contributed by atoms with van der Waals surface area (Å²) in [5, 5.41) is 21.3. The van der Waals surface area contributed by atoms with Gasteiger partial charge in [-0.05, 0) is 12.5 Å². The average Bonchev–Trinajstić information content (AvgIpc) is 2.39. The number of nitrogens with one attached hydrogen (secondary N) is 1. The summed E-state index contributed by atoms with van der Waals surface area (Å²) in [5.74, 6) is -5.15. The van der Waals surface area contributed by atoms with Crippen LogP contribution in [0.25, 0.3) is 0 Å². The number of halogens is 2. The fraction of sp³-hybridized carbons (Fsp3) is 0.333. The van der Waals surface area contributed by atoms with Crippen molar-refractivity contribution in [3.63, 3.8) is 0 Å². The number of carboxylic acid groups (broad SMARTS) is 1. The van der Waals surface area contributed by atoms with Gasteiger partial charge in [-0.1, -0.05) is 13.3 Å². The van der Waals surface area contributed by atoms with Crippen LogP contribution in [0.4, 0.5) is 14.5 Å². The van der Waals surface area contributed by atoms with Crippen molar-refractivity contribution >= 4 is 17.6 Å². The lowest BCUT2D eigenvalue weighted by atomic mass is 10.1. The van der Waals surface area contributed by atoms with E-state index in [9.17, 15) is 28.5 Å². The van der Waals surface area contributed by atoms with Crippen molar-refractivity contribution in [2.24, 2.45) is 0 Å². The van der Waals surface area contributed by atoms with Crippen LogP contribution in [0.15, 0.2) is 12.1 Å². The standard InChI is InChI=1S/C12H12F2N2O5/c1-2-3-9(12(18)19)15-11(17)6-4-8(14)10(16(20)21)5-7(6)13/h4-5,9H,2-3H2,1H3,(H,15,17)(H,18,19)/t9-/m1/s1. The number of hydrogen-bond donors (Lipinski definition) is 2. The highest BCUT2D eigenvalue weighted by Gasteiger charge is 2.25. The van der Waals surface area contributed by atoms with Gasteiger partial charge in [-0.15, -0.1) is 0 Å². The molecule has 0 unspecified atom stereocenters. The van der Waals surface area contributed by atoms with Crippen molar-refractivity contribution in [1.29, 1.82) is 0 Å². The van der Waals surface area contributed by atoms with E-state index >= 15 is 0 Å². The summed E-state index contributed by atoms with van der Waals surface area (Å²) in [6.07, 6.45) is 0.562. The van der Waals surface area contributed by atoms with E-state index in [1.54, 1.807) is 6.92 Å². The summed E-state index contributed by atoms with van der Waals surface area (Å²) in [6.45, 7) is 1.69. The highest BCUT2D eigenvalue weighted by molar-refractivity contribution is 5.97. The van der Waals surface area contributed by atoms with Crippen LogP contribution in [0.3, 0.4) is 0 Å². The summed E-state index contributed by atoms with van der Waals surface area (Å²) >= 11 is 0. The summed E-state index contributed by atoms with van der Waals surface area (Å²) in [4.78, 5) is 31.9. The van der Waals surface area contributed by atoms with Crippen LogP contribution in [0, 0.1) is 21.7 Å². The van der Waals surface area contributed by atoms with Gasteiger partial charge in [0.15, 0.2) is 0 Å². The molecule has 1 amide bonds. The fourth-order valence-corrected chi connectivity index (χ4v) is 1.63. The highest BCUT2D eigenvalue weighted by atomic mass is 19.1. The first-order valence-corrected chi connectivity index (χ1v) is 5.95. The zero-order chi connectivity index (χ0) is 16.2. The third kappa shape index (κ3) is 3.94. The number of nitro benzene ring substituents is 1. The molecule has 0 aliphatic rings. The van der Waals surface area contributed by atoms with E-state index in [1.165, 1.54) is 0 Å². The van der Waals surface area contributed by atoms with Crippen LogP contribution in [0.1, 0.15) is 30.1 Å². The maximum Gasteiger partial charge on any atom is 0.326 e. The van der Waals surface area contributed by atoms with E-state index in [1.807, 2.05) is 5.32 Å². The van der Waals surface area contributed by atoms with Crippen molar-refractivity contribution < 1.29 is 28.4 Å². The summed E-state index contributed by atoms with van der Waals surface area (Å²) in [6, 6.07) is -0.604. The molecule has 0 fully saturated rings. The van der Waals surface area contributed by atoms with Gasteiger partial charge in [0.1, 0.15) is 11.9 Å². The van der Waals surface area contributed by atoms with Gasteiger partial charge in [-0.2, -0.15) is 4.39 Å². The van der Waals surface area contributed by atoms with E-state index in [2.05, 4.69) is 0 Å². The Labute approximate surface area is 117 Å². The van der Waals surface area contributed by atoms with Gasteiger partial charge in [0, 0.05) is 0 Å². The minimum Gasteiger partial charge on any atom is -0.480 e. The topological polar surface area (TPSA) is 110 Å². The molecule has 0 radical (unpaired) electrons. The van der Waals surface area contributed by atoms with Gasteiger partial charge in [-0.3, -0.25) is 14.9 Å². The minimum atomic E-state index is -1.38. The maximum atomic E-state index is 13.6. The maximum absolute atomic E-state index is 13.6. The van der Waals surface area contributed by atoms with Gasteiger partial charge in [0.25, 0.3) is 5.91 Å². The summed E-state index contributed by atoms with van der Waals surface area (Å²) < 4.78 is 27.0. The van der Waals surface area contributed by atoms with Crippen molar-refractivity contribution in [2.75, 3.05) is 0 Å². The lowest BCUT2D eigenvalue weighted by Gasteiger charge is -2.13. The minimum absolute atomic E-state index is 0.109. The molecule has 7 nitrogen and oxygen atoms in total. The molecule has 1 aromatic carbocycles. The van der Waals surface area contributed by atoms with Gasteiger partial charge in [0.2, 0.25) is 5.82 Å². The molecular formula is C12H12F2N2O5. The van der Waals surface area contributed by atoms with Gasteiger partial charge in [-0.25, -0.2) is 9.18 Å².